The predicted octanol–water partition coefficient (Wildman–Crippen LogP) is 2.84. The van der Waals surface area contributed by atoms with E-state index in [0.717, 1.165) is 22.5 Å². The van der Waals surface area contributed by atoms with Gasteiger partial charge in [0.2, 0.25) is 10.0 Å². The third-order valence-electron chi connectivity index (χ3n) is 3.57. The topological polar surface area (TPSA) is 70.5 Å². The molecule has 2 aromatic rings. The van der Waals surface area contributed by atoms with Gasteiger partial charge in [0, 0.05) is 6.20 Å². The Bertz CT molecular complexity index is 813. The number of rotatable bonds is 6. The molecule has 1 N–H and O–H groups in total. The van der Waals surface area contributed by atoms with Crippen molar-refractivity contribution in [3.8, 4) is 0 Å². The van der Waals surface area contributed by atoms with E-state index in [1.165, 1.54) is 0 Å². The fourth-order valence-electron chi connectivity index (χ4n) is 2.11. The second kappa shape index (κ2) is 7.14. The Morgan fingerprint density at radius 3 is 2.54 bits per heavy atom. The second-order valence-electron chi connectivity index (χ2n) is 5.88. The van der Waals surface area contributed by atoms with Crippen LogP contribution >= 0.6 is 11.6 Å². The lowest BCUT2D eigenvalue weighted by molar-refractivity contribution is 0.116. The maximum absolute atomic E-state index is 13.3. The summed E-state index contributed by atoms with van der Waals surface area (Å²) in [6.45, 7) is 2.76. The first kappa shape index (κ1) is 18.8. The maximum atomic E-state index is 13.3. The summed E-state index contributed by atoms with van der Waals surface area (Å²) in [6.07, 6.45) is 1.56. The van der Waals surface area contributed by atoms with Gasteiger partial charge in [-0.05, 0) is 44.2 Å². The van der Waals surface area contributed by atoms with Gasteiger partial charge in [0.1, 0.15) is 5.82 Å². The number of nitrogens with zero attached hydrogens (tertiary/aromatic N) is 2. The number of aliphatic hydroxyl groups is 1. The van der Waals surface area contributed by atoms with Crippen molar-refractivity contribution in [1.29, 1.82) is 0 Å². The minimum Gasteiger partial charge on any atom is -0.394 e. The SMILES string of the molecule is CC(C)(CO)N(Cc1ccccn1)S(=O)(=O)c1ccc(F)c(Cl)c1. The van der Waals surface area contributed by atoms with E-state index < -0.39 is 28.0 Å². The Morgan fingerprint density at radius 1 is 1.29 bits per heavy atom. The number of halogens is 2. The third kappa shape index (κ3) is 3.92. The Balaban J connectivity index is 2.50. The molecule has 24 heavy (non-hydrogen) atoms. The standard InChI is InChI=1S/C16H18ClFN2O3S/c1-16(2,11-21)20(10-12-5-3-4-8-19-12)24(22,23)13-6-7-15(18)14(17)9-13/h3-9,21H,10-11H2,1-2H3. The van der Waals surface area contributed by atoms with Crippen LogP contribution in [0.2, 0.25) is 5.02 Å². The lowest BCUT2D eigenvalue weighted by Crippen LogP contribution is -2.49. The van der Waals surface area contributed by atoms with E-state index in [2.05, 4.69) is 4.98 Å². The van der Waals surface area contributed by atoms with Crippen LogP contribution in [0.5, 0.6) is 0 Å². The predicted molar refractivity (Wildman–Crippen MR) is 89.5 cm³/mol. The van der Waals surface area contributed by atoms with Gasteiger partial charge in [-0.1, -0.05) is 17.7 Å². The highest BCUT2D eigenvalue weighted by atomic mass is 35.5. The van der Waals surface area contributed by atoms with E-state index in [9.17, 15) is 17.9 Å². The van der Waals surface area contributed by atoms with Crippen LogP contribution in [-0.2, 0) is 16.6 Å². The normalized spacial score (nSPS) is 12.6. The average molecular weight is 373 g/mol. The van der Waals surface area contributed by atoms with Gasteiger partial charge in [-0.3, -0.25) is 4.98 Å². The molecule has 0 saturated carbocycles. The van der Waals surface area contributed by atoms with Crippen molar-refractivity contribution in [1.82, 2.24) is 9.29 Å². The molecule has 0 aliphatic heterocycles. The third-order valence-corrected chi connectivity index (χ3v) is 5.92. The summed E-state index contributed by atoms with van der Waals surface area (Å²) in [7, 11) is -4.03. The van der Waals surface area contributed by atoms with Crippen LogP contribution in [0.25, 0.3) is 0 Å². The summed E-state index contributed by atoms with van der Waals surface area (Å²) in [5.74, 6) is -0.701. The number of aromatic nitrogens is 1. The molecule has 2 rings (SSSR count). The number of pyridine rings is 1. The molecule has 0 spiro atoms. The fourth-order valence-corrected chi connectivity index (χ4v) is 4.12. The molecule has 0 fully saturated rings. The Kier molecular flexibility index (Phi) is 5.59. The molecule has 0 aliphatic rings. The largest absolute Gasteiger partial charge is 0.394 e. The number of aliphatic hydroxyl groups excluding tert-OH is 1. The molecule has 130 valence electrons. The summed E-state index contributed by atoms with van der Waals surface area (Å²) in [5.41, 5.74) is -0.562. The zero-order chi connectivity index (χ0) is 18.0. The van der Waals surface area contributed by atoms with Crippen LogP contribution in [-0.4, -0.2) is 35.0 Å². The molecule has 5 nitrogen and oxygen atoms in total. The van der Waals surface area contributed by atoms with Gasteiger partial charge in [0.15, 0.2) is 0 Å². The molecule has 1 aromatic carbocycles. The molecule has 1 aromatic heterocycles. The molecule has 0 amide bonds. The summed E-state index contributed by atoms with van der Waals surface area (Å²) in [5, 5.41) is 9.36. The van der Waals surface area contributed by atoms with Gasteiger partial charge in [-0.15, -0.1) is 0 Å². The monoisotopic (exact) mass is 372 g/mol. The summed E-state index contributed by atoms with van der Waals surface area (Å²) < 4.78 is 40.5. The average Bonchev–Trinajstić information content (AvgIpc) is 2.55. The van der Waals surface area contributed by atoms with Crippen LogP contribution in [0.15, 0.2) is 47.5 Å². The lowest BCUT2D eigenvalue weighted by atomic mass is 10.1. The molecule has 0 aliphatic carbocycles. The molecule has 0 saturated heterocycles. The van der Waals surface area contributed by atoms with Crippen molar-refractivity contribution in [3.05, 3.63) is 59.1 Å². The molecular formula is C16H18ClFN2O3S. The van der Waals surface area contributed by atoms with Crippen LogP contribution in [0.1, 0.15) is 19.5 Å². The van der Waals surface area contributed by atoms with Gasteiger partial charge in [0.05, 0.1) is 34.3 Å². The minimum atomic E-state index is -4.03. The van der Waals surface area contributed by atoms with Crippen molar-refractivity contribution in [2.24, 2.45) is 0 Å². The van der Waals surface area contributed by atoms with Gasteiger partial charge >= 0.3 is 0 Å². The molecule has 0 unspecified atom stereocenters. The summed E-state index contributed by atoms with van der Waals surface area (Å²) in [4.78, 5) is 3.98. The minimum absolute atomic E-state index is 0.0360. The number of hydrogen-bond acceptors (Lipinski definition) is 4. The van der Waals surface area contributed by atoms with Crippen LogP contribution < -0.4 is 0 Å². The van der Waals surface area contributed by atoms with E-state index >= 15 is 0 Å². The van der Waals surface area contributed by atoms with Gasteiger partial charge < -0.3 is 5.11 Å². The van der Waals surface area contributed by atoms with Crippen LogP contribution in [0.4, 0.5) is 4.39 Å². The zero-order valence-corrected chi connectivity index (χ0v) is 14.9. The fraction of sp³-hybridized carbons (Fsp3) is 0.312. The van der Waals surface area contributed by atoms with Crippen molar-refractivity contribution < 1.29 is 17.9 Å². The van der Waals surface area contributed by atoms with E-state index in [4.69, 9.17) is 11.6 Å². The number of sulfonamides is 1. The smallest absolute Gasteiger partial charge is 0.244 e. The number of hydrogen-bond donors (Lipinski definition) is 1. The van der Waals surface area contributed by atoms with Crippen LogP contribution in [0, 0.1) is 5.82 Å². The zero-order valence-electron chi connectivity index (χ0n) is 13.3. The van der Waals surface area contributed by atoms with Crippen molar-refractivity contribution in [3.63, 3.8) is 0 Å². The van der Waals surface area contributed by atoms with Crippen molar-refractivity contribution in [2.45, 2.75) is 30.8 Å². The lowest BCUT2D eigenvalue weighted by Gasteiger charge is -2.35. The Morgan fingerprint density at radius 2 is 2.00 bits per heavy atom. The van der Waals surface area contributed by atoms with E-state index in [0.29, 0.717) is 5.69 Å². The molecule has 8 heteroatoms. The van der Waals surface area contributed by atoms with Gasteiger partial charge in [-0.2, -0.15) is 4.31 Å². The summed E-state index contributed by atoms with van der Waals surface area (Å²) in [6, 6.07) is 8.36. The van der Waals surface area contributed by atoms with E-state index in [-0.39, 0.29) is 16.5 Å². The Labute approximate surface area is 145 Å². The van der Waals surface area contributed by atoms with Gasteiger partial charge in [-0.25, -0.2) is 12.8 Å². The highest BCUT2D eigenvalue weighted by Gasteiger charge is 2.37. The highest BCUT2D eigenvalue weighted by Crippen LogP contribution is 2.28. The number of benzene rings is 1. The molecule has 0 radical (unpaired) electrons. The molecule has 1 heterocycles. The second-order valence-corrected chi connectivity index (χ2v) is 8.15. The van der Waals surface area contributed by atoms with Crippen molar-refractivity contribution in [2.75, 3.05) is 6.61 Å². The first-order valence-corrected chi connectivity index (χ1v) is 8.99. The van der Waals surface area contributed by atoms with Crippen molar-refractivity contribution >= 4 is 21.6 Å². The summed E-state index contributed by atoms with van der Waals surface area (Å²) >= 11 is 5.71. The van der Waals surface area contributed by atoms with Crippen LogP contribution in [0.3, 0.4) is 0 Å². The van der Waals surface area contributed by atoms with E-state index in [1.807, 2.05) is 0 Å². The first-order chi connectivity index (χ1) is 11.2. The molecular weight excluding hydrogens is 355 g/mol. The quantitative estimate of drug-likeness (QED) is 0.846. The molecule has 0 bridgehead atoms. The maximum Gasteiger partial charge on any atom is 0.244 e. The van der Waals surface area contributed by atoms with Gasteiger partial charge in [0.25, 0.3) is 0 Å². The Hall–Kier alpha value is -1.54. The molecule has 0 atom stereocenters. The highest BCUT2D eigenvalue weighted by molar-refractivity contribution is 7.89. The van der Waals surface area contributed by atoms with E-state index in [1.54, 1.807) is 38.2 Å². The first-order valence-electron chi connectivity index (χ1n) is 7.17.